The van der Waals surface area contributed by atoms with Gasteiger partial charge in [0.15, 0.2) is 0 Å². The predicted octanol–water partition coefficient (Wildman–Crippen LogP) is 2.78. The molecule has 0 saturated carbocycles. The highest BCUT2D eigenvalue weighted by Crippen LogP contribution is 2.32. The maximum absolute atomic E-state index is 12.5. The van der Waals surface area contributed by atoms with E-state index < -0.39 is 18.6 Å². The maximum atomic E-state index is 12.5. The largest absolute Gasteiger partial charge is 0.390 e. The van der Waals surface area contributed by atoms with Gasteiger partial charge in [-0.25, -0.2) is 0 Å². The van der Waals surface area contributed by atoms with Crippen LogP contribution in [0, 0.1) is 0 Å². The second-order valence-electron chi connectivity index (χ2n) is 4.57. The van der Waals surface area contributed by atoms with Crippen LogP contribution in [0.5, 0.6) is 0 Å². The van der Waals surface area contributed by atoms with Gasteiger partial charge in [-0.15, -0.1) is 0 Å². The van der Waals surface area contributed by atoms with Gasteiger partial charge in [0.25, 0.3) is 0 Å². The third kappa shape index (κ3) is 3.47. The molecule has 1 unspecified atom stereocenters. The summed E-state index contributed by atoms with van der Waals surface area (Å²) in [5.41, 5.74) is 2.01. The van der Waals surface area contributed by atoms with Gasteiger partial charge in [0, 0.05) is 11.7 Å². The lowest BCUT2D eigenvalue weighted by molar-refractivity contribution is -0.140. The molecule has 1 aromatic rings. The average Bonchev–Trinajstić information content (AvgIpc) is 2.65. The van der Waals surface area contributed by atoms with Crippen LogP contribution in [0.25, 0.3) is 0 Å². The van der Waals surface area contributed by atoms with E-state index in [2.05, 4.69) is 10.6 Å². The van der Waals surface area contributed by atoms with Crippen molar-refractivity contribution in [1.29, 1.82) is 0 Å². The zero-order chi connectivity index (χ0) is 14.0. The monoisotopic (exact) mass is 272 g/mol. The zero-order valence-electron chi connectivity index (χ0n) is 10.5. The lowest BCUT2D eigenvalue weighted by Crippen LogP contribution is -2.26. The number of carbonyl (C=O) groups is 1. The molecule has 1 aliphatic rings. The molecule has 2 rings (SSSR count). The van der Waals surface area contributed by atoms with E-state index in [0.29, 0.717) is 17.8 Å². The van der Waals surface area contributed by atoms with Gasteiger partial charge >= 0.3 is 6.18 Å². The number of amides is 1. The van der Waals surface area contributed by atoms with Crippen molar-refractivity contribution in [3.8, 4) is 0 Å². The van der Waals surface area contributed by atoms with Crippen molar-refractivity contribution in [2.24, 2.45) is 0 Å². The van der Waals surface area contributed by atoms with Gasteiger partial charge in [-0.1, -0.05) is 19.1 Å². The molecule has 0 fully saturated rings. The number of hydrogen-bond acceptors (Lipinski definition) is 2. The van der Waals surface area contributed by atoms with Gasteiger partial charge in [0.1, 0.15) is 0 Å². The number of benzene rings is 1. The molecule has 1 atom stereocenters. The molecule has 0 aromatic heterocycles. The van der Waals surface area contributed by atoms with Crippen LogP contribution in [0.15, 0.2) is 18.2 Å². The Bertz CT molecular complexity index is 485. The highest BCUT2D eigenvalue weighted by Gasteiger charge is 2.32. The second-order valence-corrected chi connectivity index (χ2v) is 4.57. The molecule has 1 aromatic carbocycles. The Morgan fingerprint density at radius 1 is 1.42 bits per heavy atom. The summed E-state index contributed by atoms with van der Waals surface area (Å²) in [7, 11) is 0. The van der Waals surface area contributed by atoms with Crippen molar-refractivity contribution < 1.29 is 18.0 Å². The predicted molar refractivity (Wildman–Crippen MR) is 65.9 cm³/mol. The van der Waals surface area contributed by atoms with E-state index in [1.54, 1.807) is 25.1 Å². The molecule has 2 N–H and O–H groups in total. The molecule has 0 radical (unpaired) electrons. The minimum atomic E-state index is -4.22. The highest BCUT2D eigenvalue weighted by atomic mass is 19.4. The topological polar surface area (TPSA) is 41.1 Å². The molecule has 104 valence electrons. The number of rotatable bonds is 4. The van der Waals surface area contributed by atoms with Gasteiger partial charge in [-0.2, -0.15) is 13.2 Å². The molecule has 3 nitrogen and oxygen atoms in total. The molecule has 1 heterocycles. The van der Waals surface area contributed by atoms with E-state index in [1.165, 1.54) is 0 Å². The summed E-state index contributed by atoms with van der Waals surface area (Å²) in [5.74, 6) is -0.122. The van der Waals surface area contributed by atoms with Crippen LogP contribution < -0.4 is 10.6 Å². The van der Waals surface area contributed by atoms with Crippen LogP contribution in [0.1, 0.15) is 30.5 Å². The first kappa shape index (κ1) is 13.9. The van der Waals surface area contributed by atoms with E-state index in [1.807, 2.05) is 0 Å². The number of anilines is 1. The summed E-state index contributed by atoms with van der Waals surface area (Å²) in [4.78, 5) is 11.2. The molecule has 0 spiro atoms. The Balaban J connectivity index is 2.23. The van der Waals surface area contributed by atoms with Crippen molar-refractivity contribution in [3.05, 3.63) is 29.3 Å². The standard InChI is InChI=1S/C13H15F3N2O/c1-2-17-11(7-13(14,15)16)8-3-4-10-9(5-8)6-12(19)18-10/h3-5,11,17H,2,6-7H2,1H3,(H,18,19). The van der Waals surface area contributed by atoms with Crippen LogP contribution in [0.4, 0.5) is 18.9 Å². The molecule has 6 heteroatoms. The quantitative estimate of drug-likeness (QED) is 0.885. The lowest BCUT2D eigenvalue weighted by atomic mass is 9.99. The highest BCUT2D eigenvalue weighted by molar-refractivity contribution is 5.99. The van der Waals surface area contributed by atoms with Crippen LogP contribution in [-0.4, -0.2) is 18.6 Å². The van der Waals surface area contributed by atoms with Crippen LogP contribution in [0.2, 0.25) is 0 Å². The Labute approximate surface area is 109 Å². The van der Waals surface area contributed by atoms with E-state index in [9.17, 15) is 18.0 Å². The Hall–Kier alpha value is -1.56. The molecular formula is C13H15F3N2O. The fourth-order valence-corrected chi connectivity index (χ4v) is 2.25. The van der Waals surface area contributed by atoms with Crippen LogP contribution in [0.3, 0.4) is 0 Å². The van der Waals surface area contributed by atoms with Crippen LogP contribution >= 0.6 is 0 Å². The molecule has 0 aliphatic carbocycles. The fourth-order valence-electron chi connectivity index (χ4n) is 2.25. The van der Waals surface area contributed by atoms with E-state index >= 15 is 0 Å². The first-order chi connectivity index (χ1) is 8.89. The van der Waals surface area contributed by atoms with Crippen molar-refractivity contribution in [2.45, 2.75) is 32.0 Å². The first-order valence-corrected chi connectivity index (χ1v) is 6.12. The van der Waals surface area contributed by atoms with Gasteiger partial charge in [-0.05, 0) is 23.7 Å². The number of nitrogens with one attached hydrogen (secondary N) is 2. The minimum absolute atomic E-state index is 0.122. The molecule has 19 heavy (non-hydrogen) atoms. The van der Waals surface area contributed by atoms with E-state index in [4.69, 9.17) is 0 Å². The molecule has 0 saturated heterocycles. The van der Waals surface area contributed by atoms with Crippen molar-refractivity contribution in [3.63, 3.8) is 0 Å². The number of carbonyl (C=O) groups excluding carboxylic acids is 1. The van der Waals surface area contributed by atoms with Crippen molar-refractivity contribution in [1.82, 2.24) is 5.32 Å². The molecule has 1 amide bonds. The summed E-state index contributed by atoms with van der Waals surface area (Å²) in [6.45, 7) is 2.22. The van der Waals surface area contributed by atoms with Gasteiger partial charge in [0.2, 0.25) is 5.91 Å². The summed E-state index contributed by atoms with van der Waals surface area (Å²) in [6.07, 6.45) is -4.91. The first-order valence-electron chi connectivity index (χ1n) is 6.12. The van der Waals surface area contributed by atoms with E-state index in [0.717, 1.165) is 5.56 Å². The number of alkyl halides is 3. The second kappa shape index (κ2) is 5.21. The normalized spacial score (nSPS) is 16.1. The van der Waals surface area contributed by atoms with Gasteiger partial charge in [-0.3, -0.25) is 4.79 Å². The van der Waals surface area contributed by atoms with Crippen molar-refractivity contribution >= 4 is 11.6 Å². The van der Waals surface area contributed by atoms with Crippen molar-refractivity contribution in [2.75, 3.05) is 11.9 Å². The third-order valence-electron chi connectivity index (χ3n) is 3.04. The minimum Gasteiger partial charge on any atom is -0.326 e. The third-order valence-corrected chi connectivity index (χ3v) is 3.04. The molecule has 1 aliphatic heterocycles. The van der Waals surface area contributed by atoms with Crippen LogP contribution in [-0.2, 0) is 11.2 Å². The number of halogens is 3. The van der Waals surface area contributed by atoms with Gasteiger partial charge < -0.3 is 10.6 Å². The lowest BCUT2D eigenvalue weighted by Gasteiger charge is -2.20. The average molecular weight is 272 g/mol. The Morgan fingerprint density at radius 3 is 2.79 bits per heavy atom. The smallest absolute Gasteiger partial charge is 0.326 e. The number of hydrogen-bond donors (Lipinski definition) is 2. The fraction of sp³-hybridized carbons (Fsp3) is 0.462. The SMILES string of the molecule is CCNC(CC(F)(F)F)c1ccc2c(c1)CC(=O)N2. The zero-order valence-corrected chi connectivity index (χ0v) is 10.5. The maximum Gasteiger partial charge on any atom is 0.390 e. The Kier molecular flexibility index (Phi) is 3.80. The summed E-state index contributed by atoms with van der Waals surface area (Å²) in [6, 6.07) is 4.19. The summed E-state index contributed by atoms with van der Waals surface area (Å²) in [5, 5.41) is 5.49. The molecular weight excluding hydrogens is 257 g/mol. The summed E-state index contributed by atoms with van der Waals surface area (Å²) >= 11 is 0. The Morgan fingerprint density at radius 2 is 2.16 bits per heavy atom. The molecule has 0 bridgehead atoms. The van der Waals surface area contributed by atoms with Gasteiger partial charge in [0.05, 0.1) is 12.8 Å². The van der Waals surface area contributed by atoms with E-state index in [-0.39, 0.29) is 12.3 Å². The summed E-state index contributed by atoms with van der Waals surface area (Å²) < 4.78 is 37.6. The number of fused-ring (bicyclic) bond motifs is 1.